The van der Waals surface area contributed by atoms with E-state index in [0.29, 0.717) is 28.6 Å². The first kappa shape index (κ1) is 23.7. The molecule has 3 aromatic heterocycles. The van der Waals surface area contributed by atoms with E-state index in [-0.39, 0.29) is 5.41 Å². The maximum absolute atomic E-state index is 4.78. The summed E-state index contributed by atoms with van der Waals surface area (Å²) in [7, 11) is 0. The quantitative estimate of drug-likeness (QED) is 0.258. The number of anilines is 3. The van der Waals surface area contributed by atoms with Crippen LogP contribution in [0.5, 0.6) is 0 Å². The topological polar surface area (TPSA) is 93.5 Å². The third-order valence-corrected chi connectivity index (χ3v) is 7.29. The Morgan fingerprint density at radius 2 is 0.925 bits per heavy atom. The van der Waals surface area contributed by atoms with Crippen molar-refractivity contribution in [2.75, 3.05) is 4.90 Å². The van der Waals surface area contributed by atoms with Crippen LogP contribution in [0.4, 0.5) is 17.1 Å². The van der Waals surface area contributed by atoms with E-state index in [1.54, 1.807) is 24.8 Å². The summed E-state index contributed by atoms with van der Waals surface area (Å²) in [5.41, 5.74) is 8.15. The molecule has 0 fully saturated rings. The van der Waals surface area contributed by atoms with Gasteiger partial charge >= 0.3 is 0 Å². The lowest BCUT2D eigenvalue weighted by Gasteiger charge is -2.42. The number of aromatic nitrogens is 7. The molecule has 0 radical (unpaired) electrons. The zero-order valence-corrected chi connectivity index (χ0v) is 22.0. The van der Waals surface area contributed by atoms with Crippen LogP contribution in [-0.4, -0.2) is 34.9 Å². The van der Waals surface area contributed by atoms with Crippen molar-refractivity contribution in [2.24, 2.45) is 0 Å². The average molecular weight is 521 g/mol. The molecule has 4 heterocycles. The molecular weight excluding hydrogens is 496 g/mol. The molecule has 0 spiro atoms. The maximum Gasteiger partial charge on any atom is 0.167 e. The lowest BCUT2D eigenvalue weighted by atomic mass is 9.73. The van der Waals surface area contributed by atoms with Crippen LogP contribution in [0.3, 0.4) is 0 Å². The first-order chi connectivity index (χ1) is 19.6. The molecule has 0 amide bonds. The Bertz CT molecular complexity index is 1710. The predicted molar refractivity (Wildman–Crippen MR) is 154 cm³/mol. The number of hydrogen-bond acceptors (Lipinski definition) is 8. The minimum atomic E-state index is -0.108. The van der Waals surface area contributed by atoms with Crippen molar-refractivity contribution in [3.05, 3.63) is 121 Å². The molecule has 0 N–H and O–H groups in total. The van der Waals surface area contributed by atoms with Crippen molar-refractivity contribution in [3.8, 4) is 34.2 Å². The number of para-hydroxylation sites is 2. The number of nitrogens with zero attached hydrogens (tertiary/aromatic N) is 8. The van der Waals surface area contributed by atoms with Gasteiger partial charge in [0.1, 0.15) is 12.7 Å². The summed E-state index contributed by atoms with van der Waals surface area (Å²) in [6.45, 7) is 4.58. The molecule has 40 heavy (non-hydrogen) atoms. The highest BCUT2D eigenvalue weighted by atomic mass is 15.2. The Morgan fingerprint density at radius 1 is 0.500 bits per heavy atom. The molecular formula is C32H24N8. The number of hydrogen-bond donors (Lipinski definition) is 0. The highest BCUT2D eigenvalue weighted by Gasteiger charge is 2.36. The number of fused-ring (bicyclic) bond motifs is 2. The zero-order valence-electron chi connectivity index (χ0n) is 22.0. The fraction of sp³-hybridized carbons (Fsp3) is 0.0938. The molecule has 0 saturated carbocycles. The third-order valence-electron chi connectivity index (χ3n) is 7.29. The minimum absolute atomic E-state index is 0.108. The van der Waals surface area contributed by atoms with Crippen LogP contribution < -0.4 is 4.90 Å². The highest BCUT2D eigenvalue weighted by Crippen LogP contribution is 2.51. The Hall–Kier alpha value is -5.37. The summed E-state index contributed by atoms with van der Waals surface area (Å²) in [4.78, 5) is 33.1. The van der Waals surface area contributed by atoms with Gasteiger partial charge in [0.05, 0.1) is 22.5 Å². The molecule has 7 rings (SSSR count). The maximum atomic E-state index is 4.78. The summed E-state index contributed by atoms with van der Waals surface area (Å²) in [5, 5.41) is 0. The van der Waals surface area contributed by atoms with E-state index in [9.17, 15) is 0 Å². The Kier molecular flexibility index (Phi) is 5.59. The molecule has 8 heteroatoms. The second-order valence-electron chi connectivity index (χ2n) is 10.1. The monoisotopic (exact) mass is 520 g/mol. The first-order valence-corrected chi connectivity index (χ1v) is 13.0. The Balaban J connectivity index is 1.34. The van der Waals surface area contributed by atoms with Crippen molar-refractivity contribution in [2.45, 2.75) is 19.3 Å². The highest BCUT2D eigenvalue weighted by molar-refractivity contribution is 5.86. The molecule has 0 saturated heterocycles. The molecule has 1 aliphatic rings. The third kappa shape index (κ3) is 3.97. The zero-order chi connectivity index (χ0) is 27.1. The van der Waals surface area contributed by atoms with Crippen molar-refractivity contribution in [1.82, 2.24) is 34.9 Å². The van der Waals surface area contributed by atoms with Crippen molar-refractivity contribution in [3.63, 3.8) is 0 Å². The number of rotatable bonds is 4. The van der Waals surface area contributed by atoms with Crippen molar-refractivity contribution in [1.29, 1.82) is 0 Å². The van der Waals surface area contributed by atoms with E-state index in [1.165, 1.54) is 35.2 Å². The molecule has 0 atom stereocenters. The fourth-order valence-corrected chi connectivity index (χ4v) is 5.30. The SMILES string of the molecule is CC1(C)c2ccccc2N(c2ccc(-c3nc(-c4cncnc4)nc(-c4cncnc4)n3)cc2)c2ccccc21. The van der Waals surface area contributed by atoms with Gasteiger partial charge in [0, 0.05) is 41.5 Å². The van der Waals surface area contributed by atoms with E-state index in [1.807, 2.05) is 12.1 Å². The second-order valence-corrected chi connectivity index (χ2v) is 10.1. The Morgan fingerprint density at radius 3 is 1.40 bits per heavy atom. The van der Waals surface area contributed by atoms with Gasteiger partial charge in [-0.1, -0.05) is 50.2 Å². The summed E-state index contributed by atoms with van der Waals surface area (Å²) in [6, 6.07) is 25.6. The molecule has 0 unspecified atom stereocenters. The molecule has 8 nitrogen and oxygen atoms in total. The van der Waals surface area contributed by atoms with Crippen LogP contribution in [0.15, 0.2) is 110 Å². The standard InChI is InChI=1S/C32H24N8/c1-32(2)25-7-3-5-9-27(25)40(28-10-6-4-8-26(28)32)24-13-11-21(12-14-24)29-37-30(22-15-33-19-34-16-22)39-31(38-29)23-17-35-20-36-18-23/h3-20H,1-2H3. The second kappa shape index (κ2) is 9.43. The lowest BCUT2D eigenvalue weighted by Crippen LogP contribution is -2.30. The molecule has 3 aromatic carbocycles. The van der Waals surface area contributed by atoms with Crippen LogP contribution in [0.2, 0.25) is 0 Å². The Labute approximate surface area is 231 Å². The van der Waals surface area contributed by atoms with Gasteiger partial charge in [-0.15, -0.1) is 0 Å². The van der Waals surface area contributed by atoms with Crippen LogP contribution in [0, 0.1) is 0 Å². The largest absolute Gasteiger partial charge is 0.310 e. The van der Waals surface area contributed by atoms with E-state index < -0.39 is 0 Å². The molecule has 0 bridgehead atoms. The molecule has 1 aliphatic heterocycles. The fourth-order valence-electron chi connectivity index (χ4n) is 5.30. The molecule has 192 valence electrons. The van der Waals surface area contributed by atoms with Crippen LogP contribution >= 0.6 is 0 Å². The van der Waals surface area contributed by atoms with Crippen molar-refractivity contribution < 1.29 is 0 Å². The average Bonchev–Trinajstić information content (AvgIpc) is 3.02. The summed E-state index contributed by atoms with van der Waals surface area (Å²) >= 11 is 0. The van der Waals surface area contributed by atoms with Gasteiger partial charge in [-0.3, -0.25) is 0 Å². The summed E-state index contributed by atoms with van der Waals surface area (Å²) < 4.78 is 0. The minimum Gasteiger partial charge on any atom is -0.310 e. The van der Waals surface area contributed by atoms with E-state index >= 15 is 0 Å². The van der Waals surface area contributed by atoms with E-state index in [4.69, 9.17) is 9.97 Å². The summed E-state index contributed by atoms with van der Waals surface area (Å²) in [5.74, 6) is 1.50. The van der Waals surface area contributed by atoms with Crippen LogP contribution in [0.25, 0.3) is 34.2 Å². The van der Waals surface area contributed by atoms with Gasteiger partial charge in [-0.25, -0.2) is 34.9 Å². The van der Waals surface area contributed by atoms with Gasteiger partial charge in [0.15, 0.2) is 17.5 Å². The lowest BCUT2D eigenvalue weighted by molar-refractivity contribution is 0.632. The molecule has 6 aromatic rings. The summed E-state index contributed by atoms with van der Waals surface area (Å²) in [6.07, 6.45) is 9.71. The van der Waals surface area contributed by atoms with Gasteiger partial charge in [0.2, 0.25) is 0 Å². The van der Waals surface area contributed by atoms with Gasteiger partial charge in [0.25, 0.3) is 0 Å². The van der Waals surface area contributed by atoms with Crippen LogP contribution in [-0.2, 0) is 5.41 Å². The van der Waals surface area contributed by atoms with Gasteiger partial charge in [-0.05, 0) is 47.5 Å². The predicted octanol–water partition coefficient (Wildman–Crippen LogP) is 6.56. The van der Waals surface area contributed by atoms with Crippen molar-refractivity contribution >= 4 is 17.1 Å². The van der Waals surface area contributed by atoms with E-state index in [2.05, 4.69) is 104 Å². The van der Waals surface area contributed by atoms with Gasteiger partial charge in [-0.2, -0.15) is 0 Å². The number of benzene rings is 3. The van der Waals surface area contributed by atoms with E-state index in [0.717, 1.165) is 11.3 Å². The first-order valence-electron chi connectivity index (χ1n) is 13.0. The van der Waals surface area contributed by atoms with Gasteiger partial charge < -0.3 is 4.90 Å². The van der Waals surface area contributed by atoms with Crippen LogP contribution in [0.1, 0.15) is 25.0 Å². The normalized spacial score (nSPS) is 13.4. The smallest absolute Gasteiger partial charge is 0.167 e. The molecule has 0 aliphatic carbocycles.